The van der Waals surface area contributed by atoms with Crippen LogP contribution in [-0.2, 0) is 14.3 Å². The van der Waals surface area contributed by atoms with Crippen molar-refractivity contribution in [1.82, 2.24) is 0 Å². The Labute approximate surface area is 116 Å². The number of hydrogen-bond donors (Lipinski definition) is 2. The number of phenolic OH excluding ortho intramolecular Hbond substituents is 1. The van der Waals surface area contributed by atoms with Crippen LogP contribution in [0.15, 0.2) is 24.3 Å². The van der Waals surface area contributed by atoms with Crippen LogP contribution < -0.4 is 4.90 Å². The second-order valence-corrected chi connectivity index (χ2v) is 4.75. The predicted molar refractivity (Wildman–Crippen MR) is 71.6 cm³/mol. The number of phenols is 1. The molecule has 0 bridgehead atoms. The molecule has 0 aliphatic carbocycles. The average Bonchev–Trinajstić information content (AvgIpc) is 2.46. The third kappa shape index (κ3) is 3.48. The number of nitrogens with zero attached hydrogens (tertiary/aromatic N) is 1. The molecule has 1 aromatic rings. The third-order valence-corrected chi connectivity index (χ3v) is 3.23. The smallest absolute Gasteiger partial charge is 0.323 e. The number of aromatic hydroxyl groups is 1. The highest BCUT2D eigenvalue weighted by atomic mass is 16.5. The van der Waals surface area contributed by atoms with Gasteiger partial charge in [0.25, 0.3) is 0 Å². The van der Waals surface area contributed by atoms with Crippen molar-refractivity contribution in [2.24, 2.45) is 5.92 Å². The van der Waals surface area contributed by atoms with Crippen LogP contribution in [-0.4, -0.2) is 41.8 Å². The molecule has 1 amide bonds. The minimum Gasteiger partial charge on any atom is -0.508 e. The van der Waals surface area contributed by atoms with Gasteiger partial charge in [-0.15, -0.1) is 0 Å². The lowest BCUT2D eigenvalue weighted by Gasteiger charge is -2.28. The first-order valence-electron chi connectivity index (χ1n) is 6.48. The first-order chi connectivity index (χ1) is 9.58. The standard InChI is InChI=1S/C14H17NO5/c16-12-5-3-11(4-6-12)15(8-13(17)18)14(19)10-2-1-7-20-9-10/h3-6,10,16H,1-2,7-9H2,(H,17,18). The average molecular weight is 279 g/mol. The van der Waals surface area contributed by atoms with Crippen molar-refractivity contribution < 1.29 is 24.5 Å². The van der Waals surface area contributed by atoms with Crippen molar-refractivity contribution in [3.8, 4) is 5.75 Å². The van der Waals surface area contributed by atoms with E-state index in [9.17, 15) is 14.7 Å². The Morgan fingerprint density at radius 3 is 2.55 bits per heavy atom. The highest BCUT2D eigenvalue weighted by molar-refractivity contribution is 5.98. The van der Waals surface area contributed by atoms with Gasteiger partial charge < -0.3 is 19.8 Å². The van der Waals surface area contributed by atoms with Gasteiger partial charge in [-0.05, 0) is 37.1 Å². The lowest BCUT2D eigenvalue weighted by atomic mass is 10.0. The van der Waals surface area contributed by atoms with Crippen molar-refractivity contribution in [2.45, 2.75) is 12.8 Å². The van der Waals surface area contributed by atoms with Crippen LogP contribution >= 0.6 is 0 Å². The summed E-state index contributed by atoms with van der Waals surface area (Å²) >= 11 is 0. The molecule has 2 rings (SSSR count). The molecule has 1 heterocycles. The molecule has 0 radical (unpaired) electrons. The Kier molecular flexibility index (Phi) is 4.57. The van der Waals surface area contributed by atoms with E-state index in [1.165, 1.54) is 29.2 Å². The number of anilines is 1. The number of carbonyl (C=O) groups is 2. The normalized spacial score (nSPS) is 18.5. The summed E-state index contributed by atoms with van der Waals surface area (Å²) in [6, 6.07) is 5.91. The maximum atomic E-state index is 12.4. The summed E-state index contributed by atoms with van der Waals surface area (Å²) in [7, 11) is 0. The minimum absolute atomic E-state index is 0.0671. The highest BCUT2D eigenvalue weighted by Crippen LogP contribution is 2.23. The van der Waals surface area contributed by atoms with Gasteiger partial charge in [0, 0.05) is 12.3 Å². The van der Waals surface area contributed by atoms with Crippen molar-refractivity contribution in [3.05, 3.63) is 24.3 Å². The molecule has 1 aliphatic rings. The topological polar surface area (TPSA) is 87.1 Å². The first kappa shape index (κ1) is 14.3. The van der Waals surface area contributed by atoms with Gasteiger partial charge in [-0.25, -0.2) is 0 Å². The molecule has 20 heavy (non-hydrogen) atoms. The molecule has 1 aliphatic heterocycles. The zero-order valence-corrected chi connectivity index (χ0v) is 11.0. The second-order valence-electron chi connectivity index (χ2n) is 4.75. The summed E-state index contributed by atoms with van der Waals surface area (Å²) in [5.41, 5.74) is 0.459. The van der Waals surface area contributed by atoms with Crippen molar-refractivity contribution in [2.75, 3.05) is 24.7 Å². The number of hydrogen-bond acceptors (Lipinski definition) is 4. The number of aliphatic carboxylic acids is 1. The van der Waals surface area contributed by atoms with Gasteiger partial charge >= 0.3 is 5.97 Å². The van der Waals surface area contributed by atoms with Crippen LogP contribution in [0.25, 0.3) is 0 Å². The molecule has 1 saturated heterocycles. The fourth-order valence-corrected chi connectivity index (χ4v) is 2.22. The summed E-state index contributed by atoms with van der Waals surface area (Å²) in [5, 5.41) is 18.2. The van der Waals surface area contributed by atoms with Crippen molar-refractivity contribution >= 4 is 17.6 Å². The van der Waals surface area contributed by atoms with Gasteiger partial charge in [-0.3, -0.25) is 9.59 Å². The lowest BCUT2D eigenvalue weighted by molar-refractivity contribution is -0.137. The molecular weight excluding hydrogens is 262 g/mol. The molecule has 2 N–H and O–H groups in total. The third-order valence-electron chi connectivity index (χ3n) is 3.23. The number of benzene rings is 1. The quantitative estimate of drug-likeness (QED) is 0.865. The zero-order chi connectivity index (χ0) is 14.5. The second kappa shape index (κ2) is 6.38. The molecule has 1 atom stereocenters. The Morgan fingerprint density at radius 1 is 1.30 bits per heavy atom. The van der Waals surface area contributed by atoms with Crippen LogP contribution in [0.5, 0.6) is 5.75 Å². The molecule has 6 heteroatoms. The monoisotopic (exact) mass is 279 g/mol. The van der Waals surface area contributed by atoms with Crippen molar-refractivity contribution in [3.63, 3.8) is 0 Å². The molecular formula is C14H17NO5. The van der Waals surface area contributed by atoms with E-state index in [1.54, 1.807) is 0 Å². The van der Waals surface area contributed by atoms with E-state index >= 15 is 0 Å². The van der Waals surface area contributed by atoms with Gasteiger partial charge in [0.15, 0.2) is 0 Å². The Bertz CT molecular complexity index is 479. The van der Waals surface area contributed by atoms with Crippen LogP contribution in [0.3, 0.4) is 0 Å². The number of carbonyl (C=O) groups excluding carboxylic acids is 1. The Morgan fingerprint density at radius 2 is 2.00 bits per heavy atom. The Hall–Kier alpha value is -2.08. The number of carboxylic acids is 1. The summed E-state index contributed by atoms with van der Waals surface area (Å²) in [6.45, 7) is 0.565. The first-order valence-corrected chi connectivity index (χ1v) is 6.48. The molecule has 1 fully saturated rings. The summed E-state index contributed by atoms with van der Waals surface area (Å²) in [5.74, 6) is -1.57. The summed E-state index contributed by atoms with van der Waals surface area (Å²) in [6.07, 6.45) is 1.50. The summed E-state index contributed by atoms with van der Waals surface area (Å²) in [4.78, 5) is 24.6. The number of amides is 1. The maximum Gasteiger partial charge on any atom is 0.323 e. The van der Waals surface area contributed by atoms with Gasteiger partial charge in [0.2, 0.25) is 5.91 Å². The predicted octanol–water partition coefficient (Wildman–Crippen LogP) is 1.24. The lowest BCUT2D eigenvalue weighted by Crippen LogP contribution is -2.42. The van der Waals surface area contributed by atoms with E-state index in [1.807, 2.05) is 0 Å². The van der Waals surface area contributed by atoms with E-state index in [0.29, 0.717) is 25.3 Å². The molecule has 0 aromatic heterocycles. The van der Waals surface area contributed by atoms with E-state index in [0.717, 1.165) is 6.42 Å². The van der Waals surface area contributed by atoms with E-state index < -0.39 is 12.5 Å². The van der Waals surface area contributed by atoms with Crippen LogP contribution in [0.1, 0.15) is 12.8 Å². The fourth-order valence-electron chi connectivity index (χ4n) is 2.22. The van der Waals surface area contributed by atoms with E-state index in [4.69, 9.17) is 9.84 Å². The SMILES string of the molecule is O=C(O)CN(C(=O)C1CCCOC1)c1ccc(O)cc1. The van der Waals surface area contributed by atoms with Gasteiger partial charge in [-0.2, -0.15) is 0 Å². The minimum atomic E-state index is -1.08. The maximum absolute atomic E-state index is 12.4. The zero-order valence-electron chi connectivity index (χ0n) is 11.0. The Balaban J connectivity index is 2.19. The van der Waals surface area contributed by atoms with Gasteiger partial charge in [-0.1, -0.05) is 0 Å². The van der Waals surface area contributed by atoms with Crippen LogP contribution in [0.4, 0.5) is 5.69 Å². The molecule has 0 saturated carbocycles. The number of rotatable bonds is 4. The van der Waals surface area contributed by atoms with Gasteiger partial charge in [0.1, 0.15) is 12.3 Å². The number of ether oxygens (including phenoxy) is 1. The highest BCUT2D eigenvalue weighted by Gasteiger charge is 2.28. The van der Waals surface area contributed by atoms with E-state index in [-0.39, 0.29) is 17.6 Å². The molecule has 6 nitrogen and oxygen atoms in total. The molecule has 0 spiro atoms. The van der Waals surface area contributed by atoms with Crippen LogP contribution in [0.2, 0.25) is 0 Å². The van der Waals surface area contributed by atoms with Crippen LogP contribution in [0, 0.1) is 5.92 Å². The molecule has 1 aromatic carbocycles. The largest absolute Gasteiger partial charge is 0.508 e. The van der Waals surface area contributed by atoms with Crippen molar-refractivity contribution in [1.29, 1.82) is 0 Å². The number of carboxylic acid groups (broad SMARTS) is 1. The van der Waals surface area contributed by atoms with Gasteiger partial charge in [0.05, 0.1) is 12.5 Å². The van der Waals surface area contributed by atoms with E-state index in [2.05, 4.69) is 0 Å². The molecule has 1 unspecified atom stereocenters. The summed E-state index contributed by atoms with van der Waals surface area (Å²) < 4.78 is 5.28. The fraction of sp³-hybridized carbons (Fsp3) is 0.429. The molecule has 108 valence electrons.